The van der Waals surface area contributed by atoms with Crippen molar-refractivity contribution in [2.24, 2.45) is 0 Å². The lowest BCUT2D eigenvalue weighted by atomic mass is 10.1. The summed E-state index contributed by atoms with van der Waals surface area (Å²) >= 11 is 24.0. The second kappa shape index (κ2) is 7.75. The number of nitrogens with zero attached hydrogens (tertiary/aromatic N) is 2. The zero-order chi connectivity index (χ0) is 18.0. The molecule has 1 N–H and O–H groups in total. The number of nitrogens with one attached hydrogen (secondary N) is 1. The molecule has 0 unspecified atom stereocenters. The minimum absolute atomic E-state index is 0.447. The highest BCUT2D eigenvalue weighted by molar-refractivity contribution is 7.80. The Hall–Kier alpha value is -1.59. The molecule has 0 bridgehead atoms. The highest BCUT2D eigenvalue weighted by Gasteiger charge is 2.16. The number of hydrogen-bond acceptors (Lipinski definition) is 2. The molecule has 0 spiro atoms. The fraction of sp³-hybridized carbons (Fsp3) is 0.111. The first kappa shape index (κ1) is 18.2. The molecule has 1 aromatic heterocycles. The molecule has 3 nitrogen and oxygen atoms in total. The van der Waals surface area contributed by atoms with Gasteiger partial charge in [0.1, 0.15) is 5.15 Å². The number of hydrogen-bond donors (Lipinski definition) is 1. The molecule has 0 radical (unpaired) electrons. The molecule has 25 heavy (non-hydrogen) atoms. The Morgan fingerprint density at radius 1 is 1.08 bits per heavy atom. The Morgan fingerprint density at radius 2 is 1.84 bits per heavy atom. The first-order chi connectivity index (χ1) is 12.0. The van der Waals surface area contributed by atoms with Gasteiger partial charge in [-0.25, -0.2) is 4.98 Å². The van der Waals surface area contributed by atoms with E-state index in [-0.39, 0.29) is 0 Å². The molecular formula is C18H14Cl3N3S. The van der Waals surface area contributed by atoms with Gasteiger partial charge in [-0.15, -0.1) is 0 Å². The van der Waals surface area contributed by atoms with E-state index in [1.54, 1.807) is 19.2 Å². The summed E-state index contributed by atoms with van der Waals surface area (Å²) < 4.78 is 0. The second-order valence-corrected chi connectivity index (χ2v) is 6.93. The van der Waals surface area contributed by atoms with Crippen molar-refractivity contribution in [1.29, 1.82) is 0 Å². The molecule has 3 aromatic rings. The molecule has 128 valence electrons. The van der Waals surface area contributed by atoms with Gasteiger partial charge < -0.3 is 10.2 Å². The third-order valence-corrected chi connectivity index (χ3v) is 5.24. The summed E-state index contributed by atoms with van der Waals surface area (Å²) in [6, 6.07) is 15.2. The molecule has 0 aliphatic carbocycles. The van der Waals surface area contributed by atoms with Crippen molar-refractivity contribution < 1.29 is 0 Å². The zero-order valence-corrected chi connectivity index (χ0v) is 16.3. The van der Waals surface area contributed by atoms with Crippen LogP contribution in [0.5, 0.6) is 0 Å². The summed E-state index contributed by atoms with van der Waals surface area (Å²) in [5.41, 5.74) is 2.54. The van der Waals surface area contributed by atoms with Crippen molar-refractivity contribution in [1.82, 2.24) is 10.3 Å². The monoisotopic (exact) mass is 409 g/mol. The quantitative estimate of drug-likeness (QED) is 0.442. The number of fused-ring (bicyclic) bond motifs is 1. The topological polar surface area (TPSA) is 28.2 Å². The maximum absolute atomic E-state index is 6.39. The summed E-state index contributed by atoms with van der Waals surface area (Å²) in [5, 5.41) is 5.96. The Morgan fingerprint density at radius 3 is 2.56 bits per heavy atom. The van der Waals surface area contributed by atoms with Crippen molar-refractivity contribution in [3.8, 4) is 0 Å². The van der Waals surface area contributed by atoms with Crippen LogP contribution in [0, 0.1) is 0 Å². The minimum Gasteiger partial charge on any atom is -0.365 e. The van der Waals surface area contributed by atoms with Crippen molar-refractivity contribution >= 4 is 68.7 Å². The van der Waals surface area contributed by atoms with E-state index in [1.165, 1.54) is 0 Å². The van der Waals surface area contributed by atoms with Gasteiger partial charge in [-0.05, 0) is 42.5 Å². The third-order valence-electron chi connectivity index (χ3n) is 3.75. The van der Waals surface area contributed by atoms with Crippen molar-refractivity contribution in [2.75, 3.05) is 11.9 Å². The van der Waals surface area contributed by atoms with E-state index in [0.717, 1.165) is 22.2 Å². The molecule has 0 fully saturated rings. The van der Waals surface area contributed by atoms with Crippen LogP contribution in [-0.4, -0.2) is 17.1 Å². The number of rotatable bonds is 3. The highest BCUT2D eigenvalue weighted by atomic mass is 35.5. The Kier molecular flexibility index (Phi) is 5.64. The molecule has 0 amide bonds. The van der Waals surface area contributed by atoms with E-state index in [4.69, 9.17) is 47.0 Å². The standard InChI is InChI=1S/C18H14Cl3N3S/c1-22-18(25)24(13-6-7-14(19)15(20)9-13)10-12-8-11-4-2-3-5-16(11)23-17(12)21/h2-9H,10H2,1H3,(H,22,25). The first-order valence-electron chi connectivity index (χ1n) is 7.48. The van der Waals surface area contributed by atoms with Gasteiger partial charge in [-0.2, -0.15) is 0 Å². The Labute approximate surface area is 166 Å². The van der Waals surface area contributed by atoms with Gasteiger partial charge in [-0.3, -0.25) is 0 Å². The number of halogens is 3. The van der Waals surface area contributed by atoms with Gasteiger partial charge in [0.2, 0.25) is 0 Å². The fourth-order valence-corrected chi connectivity index (χ4v) is 3.15. The average Bonchev–Trinajstić information content (AvgIpc) is 2.61. The lowest BCUT2D eigenvalue weighted by molar-refractivity contribution is 0.968. The molecule has 0 atom stereocenters. The lowest BCUT2D eigenvalue weighted by Gasteiger charge is -2.26. The number of benzene rings is 2. The van der Waals surface area contributed by atoms with Crippen LogP contribution in [0.2, 0.25) is 15.2 Å². The van der Waals surface area contributed by atoms with Crippen LogP contribution >= 0.6 is 47.0 Å². The molecular weight excluding hydrogens is 397 g/mol. The van der Waals surface area contributed by atoms with Crippen molar-refractivity contribution in [3.63, 3.8) is 0 Å². The first-order valence-corrected chi connectivity index (χ1v) is 9.02. The van der Waals surface area contributed by atoms with E-state index < -0.39 is 0 Å². The van der Waals surface area contributed by atoms with Gasteiger partial charge in [0.25, 0.3) is 0 Å². The van der Waals surface area contributed by atoms with Crippen LogP contribution in [0.1, 0.15) is 5.56 Å². The van der Waals surface area contributed by atoms with Gasteiger partial charge in [0.05, 0.1) is 22.1 Å². The molecule has 0 saturated carbocycles. The number of para-hydroxylation sites is 1. The Bertz CT molecular complexity index is 946. The van der Waals surface area contributed by atoms with Crippen LogP contribution in [-0.2, 0) is 6.54 Å². The van der Waals surface area contributed by atoms with E-state index in [2.05, 4.69) is 10.3 Å². The number of pyridine rings is 1. The summed E-state index contributed by atoms with van der Waals surface area (Å²) in [7, 11) is 1.77. The lowest BCUT2D eigenvalue weighted by Crippen LogP contribution is -2.37. The van der Waals surface area contributed by atoms with E-state index in [9.17, 15) is 0 Å². The van der Waals surface area contributed by atoms with Crippen LogP contribution < -0.4 is 10.2 Å². The van der Waals surface area contributed by atoms with Crippen molar-refractivity contribution in [2.45, 2.75) is 6.54 Å². The van der Waals surface area contributed by atoms with E-state index in [0.29, 0.717) is 26.9 Å². The SMILES string of the molecule is CNC(=S)N(Cc1cc2ccccc2nc1Cl)c1ccc(Cl)c(Cl)c1. The third kappa shape index (κ3) is 3.98. The maximum atomic E-state index is 6.39. The van der Waals surface area contributed by atoms with Crippen LogP contribution in [0.3, 0.4) is 0 Å². The zero-order valence-electron chi connectivity index (χ0n) is 13.3. The molecule has 0 aliphatic rings. The normalized spacial score (nSPS) is 10.7. The molecule has 0 saturated heterocycles. The molecule has 1 heterocycles. The molecule has 2 aromatic carbocycles. The van der Waals surface area contributed by atoms with E-state index >= 15 is 0 Å². The summed E-state index contributed by atoms with van der Waals surface area (Å²) in [6.45, 7) is 0.453. The van der Waals surface area contributed by atoms with Crippen LogP contribution in [0.4, 0.5) is 5.69 Å². The Balaban J connectivity index is 2.02. The smallest absolute Gasteiger partial charge is 0.173 e. The number of aromatic nitrogens is 1. The highest BCUT2D eigenvalue weighted by Crippen LogP contribution is 2.29. The van der Waals surface area contributed by atoms with Gasteiger partial charge in [0.15, 0.2) is 5.11 Å². The van der Waals surface area contributed by atoms with Gasteiger partial charge in [0, 0.05) is 23.7 Å². The molecule has 3 rings (SSSR count). The second-order valence-electron chi connectivity index (χ2n) is 5.37. The van der Waals surface area contributed by atoms with Gasteiger partial charge in [-0.1, -0.05) is 53.0 Å². The average molecular weight is 411 g/mol. The molecule has 7 heteroatoms. The van der Waals surface area contributed by atoms with Gasteiger partial charge >= 0.3 is 0 Å². The maximum Gasteiger partial charge on any atom is 0.173 e. The van der Waals surface area contributed by atoms with Crippen LogP contribution in [0.15, 0.2) is 48.5 Å². The number of thiocarbonyl (C=S) groups is 1. The minimum atomic E-state index is 0.447. The fourth-order valence-electron chi connectivity index (χ4n) is 2.49. The predicted octanol–water partition coefficient (Wildman–Crippen LogP) is 5.71. The summed E-state index contributed by atoms with van der Waals surface area (Å²) in [6.07, 6.45) is 0. The van der Waals surface area contributed by atoms with Crippen LogP contribution in [0.25, 0.3) is 10.9 Å². The molecule has 0 aliphatic heterocycles. The summed E-state index contributed by atoms with van der Waals surface area (Å²) in [4.78, 5) is 6.37. The summed E-state index contributed by atoms with van der Waals surface area (Å²) in [5.74, 6) is 0. The van der Waals surface area contributed by atoms with Crippen molar-refractivity contribution in [3.05, 3.63) is 69.3 Å². The van der Waals surface area contributed by atoms with E-state index in [1.807, 2.05) is 41.3 Å². The largest absolute Gasteiger partial charge is 0.365 e. The number of anilines is 1. The predicted molar refractivity (Wildman–Crippen MR) is 111 cm³/mol.